The summed E-state index contributed by atoms with van der Waals surface area (Å²) in [7, 11) is 0. The lowest BCUT2D eigenvalue weighted by atomic mass is 9.88. The van der Waals surface area contributed by atoms with Gasteiger partial charge in [0.15, 0.2) is 5.65 Å². The van der Waals surface area contributed by atoms with Gasteiger partial charge in [0, 0.05) is 12.3 Å². The predicted octanol–water partition coefficient (Wildman–Crippen LogP) is 2.77. The molecule has 2 saturated carbocycles. The minimum atomic E-state index is -4.42. The Hall–Kier alpha value is -2.16. The van der Waals surface area contributed by atoms with E-state index in [0.717, 1.165) is 5.69 Å². The van der Waals surface area contributed by atoms with Gasteiger partial charge in [0.2, 0.25) is 5.91 Å². The Morgan fingerprint density at radius 1 is 1.21 bits per heavy atom. The summed E-state index contributed by atoms with van der Waals surface area (Å²) in [6.45, 7) is 0. The Kier molecular flexibility index (Phi) is 4.34. The van der Waals surface area contributed by atoms with E-state index < -0.39 is 24.0 Å². The first-order chi connectivity index (χ1) is 13.8. The molecule has 2 aliphatic carbocycles. The van der Waals surface area contributed by atoms with Gasteiger partial charge in [-0.25, -0.2) is 9.50 Å². The summed E-state index contributed by atoms with van der Waals surface area (Å²) in [5, 5.41) is 6.52. The van der Waals surface area contributed by atoms with Crippen molar-refractivity contribution in [3.05, 3.63) is 29.7 Å². The number of fused-ring (bicyclic) bond motifs is 1. The van der Waals surface area contributed by atoms with Gasteiger partial charge < -0.3 is 11.1 Å². The van der Waals surface area contributed by atoms with E-state index >= 15 is 0 Å². The van der Waals surface area contributed by atoms with Crippen LogP contribution in [0, 0.1) is 23.7 Å². The van der Waals surface area contributed by atoms with E-state index in [4.69, 9.17) is 5.73 Å². The normalized spacial score (nSPS) is 26.3. The number of alkyl halides is 3. The highest BCUT2D eigenvalue weighted by molar-refractivity contribution is 5.81. The second-order valence-electron chi connectivity index (χ2n) is 8.81. The molecule has 0 bridgehead atoms. The summed E-state index contributed by atoms with van der Waals surface area (Å²) in [5.41, 5.74) is 8.61. The maximum absolute atomic E-state index is 12.9. The quantitative estimate of drug-likeness (QED) is 0.771. The van der Waals surface area contributed by atoms with E-state index in [1.54, 1.807) is 16.6 Å². The lowest BCUT2D eigenvalue weighted by Crippen LogP contribution is -2.38. The molecule has 3 N–H and O–H groups in total. The molecule has 6 nitrogen and oxygen atoms in total. The van der Waals surface area contributed by atoms with Gasteiger partial charge in [0.25, 0.3) is 0 Å². The minimum Gasteiger partial charge on any atom is -0.344 e. The molecule has 2 aromatic heterocycles. The Morgan fingerprint density at radius 3 is 2.48 bits per heavy atom. The molecule has 156 valence electrons. The fraction of sp³-hybridized carbons (Fsp3) is 0.650. The van der Waals surface area contributed by atoms with Gasteiger partial charge in [-0.1, -0.05) is 0 Å². The zero-order valence-electron chi connectivity index (χ0n) is 15.9. The Labute approximate surface area is 166 Å². The standard InChI is InChI=1S/C20H24F3N5O/c21-20(22,23)15-8-12(19(29)26-15)7-13-5-6-16-25-14(9-28(16)27-13)18(24)17(10-1-2-10)11-3-4-11/h5-6,9-12,15,17-18H,1-4,7-8,24H2,(H,26,29)/t12-,15-,18?/m0/s1. The zero-order chi connectivity index (χ0) is 20.3. The van der Waals surface area contributed by atoms with Crippen LogP contribution in [0.15, 0.2) is 18.3 Å². The van der Waals surface area contributed by atoms with Gasteiger partial charge in [0.05, 0.1) is 23.6 Å². The van der Waals surface area contributed by atoms with Crippen molar-refractivity contribution in [2.24, 2.45) is 29.4 Å². The number of hydrogen-bond acceptors (Lipinski definition) is 4. The van der Waals surface area contributed by atoms with Crippen molar-refractivity contribution in [2.45, 2.75) is 56.8 Å². The summed E-state index contributed by atoms with van der Waals surface area (Å²) in [4.78, 5) is 16.6. The van der Waals surface area contributed by atoms with Gasteiger partial charge in [0.1, 0.15) is 6.04 Å². The number of hydrogen-bond donors (Lipinski definition) is 2. The van der Waals surface area contributed by atoms with Crippen LogP contribution in [0.2, 0.25) is 0 Å². The van der Waals surface area contributed by atoms with Gasteiger partial charge in [-0.05, 0) is 62.0 Å². The van der Waals surface area contributed by atoms with Crippen LogP contribution in [0.4, 0.5) is 13.2 Å². The molecule has 0 radical (unpaired) electrons. The van der Waals surface area contributed by atoms with Crippen molar-refractivity contribution >= 4 is 11.6 Å². The Morgan fingerprint density at radius 2 is 1.90 bits per heavy atom. The Bertz CT molecular complexity index is 922. The van der Waals surface area contributed by atoms with E-state index in [9.17, 15) is 18.0 Å². The average Bonchev–Trinajstić information content (AvgIpc) is 3.58. The summed E-state index contributed by atoms with van der Waals surface area (Å²) in [6.07, 6.45) is 2.29. The maximum atomic E-state index is 12.9. The molecule has 9 heteroatoms. The van der Waals surface area contributed by atoms with E-state index in [1.165, 1.54) is 25.7 Å². The summed E-state index contributed by atoms with van der Waals surface area (Å²) < 4.78 is 40.2. The fourth-order valence-electron chi connectivity index (χ4n) is 4.72. The smallest absolute Gasteiger partial charge is 0.344 e. The SMILES string of the molecule is NC(c1cn2nc(C[C@H]3C[C@@H](C(F)(F)F)NC3=O)ccc2n1)C(C1CC1)C1CC1. The van der Waals surface area contributed by atoms with Crippen LogP contribution in [0.3, 0.4) is 0 Å². The lowest BCUT2D eigenvalue weighted by Gasteiger charge is -2.21. The van der Waals surface area contributed by atoms with Gasteiger partial charge in [-0.15, -0.1) is 0 Å². The third kappa shape index (κ3) is 3.72. The van der Waals surface area contributed by atoms with Crippen LogP contribution >= 0.6 is 0 Å². The monoisotopic (exact) mass is 407 g/mol. The number of carbonyl (C=O) groups excluding carboxylic acids is 1. The second kappa shape index (κ2) is 6.68. The topological polar surface area (TPSA) is 85.3 Å². The molecule has 2 aromatic rings. The maximum Gasteiger partial charge on any atom is 0.408 e. The molecule has 1 amide bonds. The van der Waals surface area contributed by atoms with E-state index in [1.807, 2.05) is 11.5 Å². The average molecular weight is 407 g/mol. The number of imidazole rings is 1. The van der Waals surface area contributed by atoms with E-state index in [2.05, 4.69) is 10.1 Å². The molecule has 3 aliphatic rings. The molecule has 3 heterocycles. The van der Waals surface area contributed by atoms with Crippen molar-refractivity contribution in [2.75, 3.05) is 0 Å². The highest BCUT2D eigenvalue weighted by atomic mass is 19.4. The van der Waals surface area contributed by atoms with Crippen LogP contribution in [-0.4, -0.2) is 32.7 Å². The molecular weight excluding hydrogens is 383 g/mol. The number of amides is 1. The molecule has 3 atom stereocenters. The molecule has 1 saturated heterocycles. The predicted molar refractivity (Wildman–Crippen MR) is 98.7 cm³/mol. The van der Waals surface area contributed by atoms with Crippen LogP contribution in [0.5, 0.6) is 0 Å². The second-order valence-corrected chi connectivity index (χ2v) is 8.81. The molecule has 1 aliphatic heterocycles. The third-order valence-corrected chi connectivity index (χ3v) is 6.54. The third-order valence-electron chi connectivity index (χ3n) is 6.54. The lowest BCUT2D eigenvalue weighted by molar-refractivity contribution is -0.154. The number of halogens is 3. The van der Waals surface area contributed by atoms with Crippen molar-refractivity contribution in [1.82, 2.24) is 19.9 Å². The summed E-state index contributed by atoms with van der Waals surface area (Å²) >= 11 is 0. The van der Waals surface area contributed by atoms with E-state index in [-0.39, 0.29) is 18.9 Å². The number of nitrogens with two attached hydrogens (primary N) is 1. The molecule has 0 spiro atoms. The first kappa shape index (κ1) is 18.8. The highest BCUT2D eigenvalue weighted by Gasteiger charge is 2.48. The van der Waals surface area contributed by atoms with Crippen LogP contribution in [-0.2, 0) is 11.2 Å². The van der Waals surface area contributed by atoms with Gasteiger partial charge in [-0.3, -0.25) is 4.79 Å². The van der Waals surface area contributed by atoms with Crippen LogP contribution < -0.4 is 11.1 Å². The van der Waals surface area contributed by atoms with Crippen molar-refractivity contribution in [3.8, 4) is 0 Å². The molecule has 0 aromatic carbocycles. The molecule has 1 unspecified atom stereocenters. The van der Waals surface area contributed by atoms with Crippen molar-refractivity contribution < 1.29 is 18.0 Å². The molecule has 3 fully saturated rings. The number of carbonyl (C=O) groups is 1. The summed E-state index contributed by atoms with van der Waals surface area (Å²) in [5.74, 6) is 0.577. The highest BCUT2D eigenvalue weighted by Crippen LogP contribution is 2.53. The van der Waals surface area contributed by atoms with E-state index in [0.29, 0.717) is 29.1 Å². The number of nitrogens with zero attached hydrogens (tertiary/aromatic N) is 3. The fourth-order valence-corrected chi connectivity index (χ4v) is 4.72. The van der Waals surface area contributed by atoms with Crippen molar-refractivity contribution in [3.63, 3.8) is 0 Å². The van der Waals surface area contributed by atoms with Crippen LogP contribution in [0.25, 0.3) is 5.65 Å². The number of aromatic nitrogens is 3. The van der Waals surface area contributed by atoms with Gasteiger partial charge in [-0.2, -0.15) is 18.3 Å². The zero-order valence-corrected chi connectivity index (χ0v) is 15.9. The Balaban J connectivity index is 1.32. The first-order valence-corrected chi connectivity index (χ1v) is 10.3. The summed E-state index contributed by atoms with van der Waals surface area (Å²) in [6, 6.07) is 1.62. The van der Waals surface area contributed by atoms with Crippen molar-refractivity contribution in [1.29, 1.82) is 0 Å². The largest absolute Gasteiger partial charge is 0.408 e. The molecule has 5 rings (SSSR count). The number of rotatable bonds is 6. The van der Waals surface area contributed by atoms with Gasteiger partial charge >= 0.3 is 6.18 Å². The minimum absolute atomic E-state index is 0.117. The molecular formula is C20H24F3N5O. The first-order valence-electron chi connectivity index (χ1n) is 10.3. The molecule has 29 heavy (non-hydrogen) atoms. The van der Waals surface area contributed by atoms with Crippen LogP contribution in [0.1, 0.15) is 49.5 Å². The number of nitrogens with one attached hydrogen (secondary N) is 1.